The van der Waals surface area contributed by atoms with Gasteiger partial charge < -0.3 is 4.90 Å². The maximum Gasteiger partial charge on any atom is 0.0366 e. The Bertz CT molecular complexity index is 358. The van der Waals surface area contributed by atoms with E-state index in [4.69, 9.17) is 0 Å². The molecule has 1 aliphatic heterocycles. The average molecular weight is 310 g/mol. The molecule has 2 heteroatoms. The van der Waals surface area contributed by atoms with Crippen molar-refractivity contribution in [1.82, 2.24) is 0 Å². The minimum Gasteiger partial charge on any atom is -0.372 e. The van der Waals surface area contributed by atoms with Crippen molar-refractivity contribution in [3.63, 3.8) is 0 Å². The van der Waals surface area contributed by atoms with E-state index in [0.717, 1.165) is 17.2 Å². The second-order valence-electron chi connectivity index (χ2n) is 5.72. The highest BCUT2D eigenvalue weighted by atomic mass is 79.9. The van der Waals surface area contributed by atoms with Crippen molar-refractivity contribution in [2.45, 2.75) is 38.4 Å². The highest BCUT2D eigenvalue weighted by molar-refractivity contribution is 9.08. The largest absolute Gasteiger partial charge is 0.372 e. The Kier molecular flexibility index (Phi) is 5.11. The molecule has 18 heavy (non-hydrogen) atoms. The summed E-state index contributed by atoms with van der Waals surface area (Å²) in [5.41, 5.74) is 2.75. The molecule has 1 unspecified atom stereocenters. The van der Waals surface area contributed by atoms with Crippen LogP contribution in [-0.4, -0.2) is 13.1 Å². The standard InChI is InChI=1S/C16H24BrN/c1-13(2)15-4-3-10-18(11-9-15)16-7-5-14(12-17)6-8-16/h5-8,13,15H,3-4,9-12H2,1-2H3. The molecule has 0 N–H and O–H groups in total. The Morgan fingerprint density at radius 1 is 1.17 bits per heavy atom. The molecule has 1 saturated heterocycles. The summed E-state index contributed by atoms with van der Waals surface area (Å²) in [6, 6.07) is 9.00. The maximum absolute atomic E-state index is 3.50. The van der Waals surface area contributed by atoms with E-state index in [1.807, 2.05) is 0 Å². The molecule has 1 aliphatic rings. The van der Waals surface area contributed by atoms with Gasteiger partial charge in [0.15, 0.2) is 0 Å². The van der Waals surface area contributed by atoms with Gasteiger partial charge in [-0.15, -0.1) is 0 Å². The van der Waals surface area contributed by atoms with Crippen LogP contribution in [0.15, 0.2) is 24.3 Å². The number of hydrogen-bond donors (Lipinski definition) is 0. The second kappa shape index (κ2) is 6.60. The van der Waals surface area contributed by atoms with Gasteiger partial charge in [0.05, 0.1) is 0 Å². The first kappa shape index (κ1) is 13.9. The summed E-state index contributed by atoms with van der Waals surface area (Å²) in [5, 5.41) is 0.947. The molecule has 1 aromatic carbocycles. The average Bonchev–Trinajstić information content (AvgIpc) is 2.64. The predicted molar refractivity (Wildman–Crippen MR) is 83.5 cm³/mol. The molecule has 0 bridgehead atoms. The van der Waals surface area contributed by atoms with Crippen molar-refractivity contribution >= 4 is 21.6 Å². The highest BCUT2D eigenvalue weighted by Crippen LogP contribution is 2.27. The van der Waals surface area contributed by atoms with Crippen LogP contribution in [0, 0.1) is 11.8 Å². The first-order valence-electron chi connectivity index (χ1n) is 7.10. The van der Waals surface area contributed by atoms with E-state index in [0.29, 0.717) is 0 Å². The summed E-state index contributed by atoms with van der Waals surface area (Å²) in [4.78, 5) is 2.56. The lowest BCUT2D eigenvalue weighted by Gasteiger charge is -2.23. The fraction of sp³-hybridized carbons (Fsp3) is 0.625. The van der Waals surface area contributed by atoms with E-state index in [9.17, 15) is 0 Å². The molecule has 0 aromatic heterocycles. The second-order valence-corrected chi connectivity index (χ2v) is 6.28. The van der Waals surface area contributed by atoms with Gasteiger partial charge >= 0.3 is 0 Å². The summed E-state index contributed by atoms with van der Waals surface area (Å²) < 4.78 is 0. The van der Waals surface area contributed by atoms with Gasteiger partial charge in [0, 0.05) is 24.1 Å². The van der Waals surface area contributed by atoms with Gasteiger partial charge in [0.1, 0.15) is 0 Å². The number of rotatable bonds is 3. The van der Waals surface area contributed by atoms with E-state index in [1.54, 1.807) is 0 Å². The monoisotopic (exact) mass is 309 g/mol. The van der Waals surface area contributed by atoms with Crippen molar-refractivity contribution < 1.29 is 0 Å². The van der Waals surface area contributed by atoms with Crippen molar-refractivity contribution in [2.24, 2.45) is 11.8 Å². The zero-order chi connectivity index (χ0) is 13.0. The molecule has 2 rings (SSSR count). The zero-order valence-corrected chi connectivity index (χ0v) is 13.1. The normalized spacial score (nSPS) is 21.1. The topological polar surface area (TPSA) is 3.24 Å². The molecule has 1 nitrogen and oxygen atoms in total. The number of nitrogens with zero attached hydrogens (tertiary/aromatic N) is 1. The molecule has 0 radical (unpaired) electrons. The van der Waals surface area contributed by atoms with E-state index in [-0.39, 0.29) is 0 Å². The van der Waals surface area contributed by atoms with Gasteiger partial charge in [-0.1, -0.05) is 41.9 Å². The third-order valence-electron chi connectivity index (χ3n) is 4.17. The Hall–Kier alpha value is -0.500. The van der Waals surface area contributed by atoms with Crippen molar-refractivity contribution in [2.75, 3.05) is 18.0 Å². The fourth-order valence-corrected chi connectivity index (χ4v) is 3.22. The SMILES string of the molecule is CC(C)C1CCCN(c2ccc(CBr)cc2)CC1. The van der Waals surface area contributed by atoms with E-state index >= 15 is 0 Å². The third-order valence-corrected chi connectivity index (χ3v) is 4.82. The summed E-state index contributed by atoms with van der Waals surface area (Å²) in [6.45, 7) is 7.17. The maximum atomic E-state index is 3.50. The smallest absolute Gasteiger partial charge is 0.0366 e. The molecular formula is C16H24BrN. The first-order valence-corrected chi connectivity index (χ1v) is 8.22. The lowest BCUT2D eigenvalue weighted by molar-refractivity contribution is 0.351. The van der Waals surface area contributed by atoms with E-state index < -0.39 is 0 Å². The van der Waals surface area contributed by atoms with Gasteiger partial charge in [0.25, 0.3) is 0 Å². The summed E-state index contributed by atoms with van der Waals surface area (Å²) in [5.74, 6) is 1.75. The van der Waals surface area contributed by atoms with Crippen LogP contribution in [-0.2, 0) is 5.33 Å². The van der Waals surface area contributed by atoms with E-state index in [2.05, 4.69) is 58.9 Å². The molecule has 1 fully saturated rings. The Morgan fingerprint density at radius 3 is 2.50 bits per heavy atom. The molecule has 0 spiro atoms. The van der Waals surface area contributed by atoms with Crippen LogP contribution in [0.1, 0.15) is 38.7 Å². The van der Waals surface area contributed by atoms with Crippen LogP contribution in [0.2, 0.25) is 0 Å². The van der Waals surface area contributed by atoms with Gasteiger partial charge in [-0.3, -0.25) is 0 Å². The van der Waals surface area contributed by atoms with Crippen LogP contribution in [0.5, 0.6) is 0 Å². The third kappa shape index (κ3) is 3.50. The number of alkyl halides is 1. The van der Waals surface area contributed by atoms with Crippen LogP contribution in [0.4, 0.5) is 5.69 Å². The zero-order valence-electron chi connectivity index (χ0n) is 11.5. The molecule has 100 valence electrons. The van der Waals surface area contributed by atoms with Gasteiger partial charge in [0.2, 0.25) is 0 Å². The summed E-state index contributed by atoms with van der Waals surface area (Å²) >= 11 is 3.50. The van der Waals surface area contributed by atoms with Gasteiger partial charge in [-0.25, -0.2) is 0 Å². The number of benzene rings is 1. The Balaban J connectivity index is 2.00. The lowest BCUT2D eigenvalue weighted by atomic mass is 9.89. The number of hydrogen-bond acceptors (Lipinski definition) is 1. The van der Waals surface area contributed by atoms with Gasteiger partial charge in [-0.05, 0) is 48.8 Å². The van der Waals surface area contributed by atoms with Crippen LogP contribution in [0.25, 0.3) is 0 Å². The van der Waals surface area contributed by atoms with Crippen molar-refractivity contribution in [3.05, 3.63) is 29.8 Å². The Labute approximate surface area is 120 Å². The summed E-state index contributed by atoms with van der Waals surface area (Å²) in [7, 11) is 0. The molecular weight excluding hydrogens is 286 g/mol. The fourth-order valence-electron chi connectivity index (χ4n) is 2.84. The first-order chi connectivity index (χ1) is 8.70. The van der Waals surface area contributed by atoms with Gasteiger partial charge in [-0.2, -0.15) is 0 Å². The van der Waals surface area contributed by atoms with Crippen molar-refractivity contribution in [1.29, 1.82) is 0 Å². The molecule has 1 heterocycles. The molecule has 0 saturated carbocycles. The van der Waals surface area contributed by atoms with Crippen molar-refractivity contribution in [3.8, 4) is 0 Å². The molecule has 1 aromatic rings. The lowest BCUT2D eigenvalue weighted by Crippen LogP contribution is -2.24. The molecule has 1 atom stereocenters. The highest BCUT2D eigenvalue weighted by Gasteiger charge is 2.19. The molecule has 0 aliphatic carbocycles. The Morgan fingerprint density at radius 2 is 1.89 bits per heavy atom. The quantitative estimate of drug-likeness (QED) is 0.722. The number of anilines is 1. The summed E-state index contributed by atoms with van der Waals surface area (Å²) in [6.07, 6.45) is 4.08. The van der Waals surface area contributed by atoms with Crippen LogP contribution >= 0.6 is 15.9 Å². The van der Waals surface area contributed by atoms with E-state index in [1.165, 1.54) is 43.6 Å². The minimum absolute atomic E-state index is 0.834. The van der Waals surface area contributed by atoms with Crippen LogP contribution < -0.4 is 4.90 Å². The predicted octanol–water partition coefficient (Wildman–Crippen LogP) is 4.84. The minimum atomic E-state index is 0.834. The molecule has 0 amide bonds. The number of halogens is 1. The van der Waals surface area contributed by atoms with Crippen LogP contribution in [0.3, 0.4) is 0 Å².